The average molecular weight is 286 g/mol. The standard InChI is InChI=1S/C13H17ClFN3O/c1-13(2,3)16-6-9(19)7-4-5-8(14)11-10(7)12(15)18-17-11/h4-5,9,16,19H,6H2,1-3H3,(H,17,18)/t9-/m0/s1. The number of fused-ring (bicyclic) bond motifs is 1. The molecular weight excluding hydrogens is 269 g/mol. The van der Waals surface area contributed by atoms with Crippen LogP contribution in [0.1, 0.15) is 32.4 Å². The number of nitrogens with zero attached hydrogens (tertiary/aromatic N) is 1. The van der Waals surface area contributed by atoms with E-state index in [0.717, 1.165) is 0 Å². The Morgan fingerprint density at radius 2 is 2.16 bits per heavy atom. The number of benzene rings is 1. The van der Waals surface area contributed by atoms with Crippen LogP contribution in [0.4, 0.5) is 4.39 Å². The Morgan fingerprint density at radius 3 is 2.79 bits per heavy atom. The first kappa shape index (κ1) is 14.2. The fraction of sp³-hybridized carbons (Fsp3) is 0.462. The number of aromatic amines is 1. The zero-order chi connectivity index (χ0) is 14.2. The monoisotopic (exact) mass is 285 g/mol. The van der Waals surface area contributed by atoms with Crippen molar-refractivity contribution in [2.24, 2.45) is 0 Å². The predicted molar refractivity (Wildman–Crippen MR) is 73.8 cm³/mol. The van der Waals surface area contributed by atoms with E-state index in [0.29, 0.717) is 22.6 Å². The molecule has 1 aromatic heterocycles. The van der Waals surface area contributed by atoms with Crippen LogP contribution >= 0.6 is 11.6 Å². The zero-order valence-corrected chi connectivity index (χ0v) is 11.8. The topological polar surface area (TPSA) is 60.9 Å². The third-order valence-corrected chi connectivity index (χ3v) is 3.14. The van der Waals surface area contributed by atoms with Gasteiger partial charge in [0.1, 0.15) is 5.52 Å². The molecule has 0 fully saturated rings. The van der Waals surface area contributed by atoms with Crippen molar-refractivity contribution in [3.05, 3.63) is 28.7 Å². The first-order valence-corrected chi connectivity index (χ1v) is 6.42. The van der Waals surface area contributed by atoms with Gasteiger partial charge in [-0.15, -0.1) is 0 Å². The summed E-state index contributed by atoms with van der Waals surface area (Å²) in [5.74, 6) is -0.581. The molecule has 0 aliphatic carbocycles. The number of aromatic nitrogens is 2. The van der Waals surface area contributed by atoms with Crippen LogP contribution in [0.5, 0.6) is 0 Å². The van der Waals surface area contributed by atoms with Gasteiger partial charge in [-0.2, -0.15) is 9.49 Å². The summed E-state index contributed by atoms with van der Waals surface area (Å²) >= 11 is 5.95. The molecule has 0 aliphatic rings. The van der Waals surface area contributed by atoms with Gasteiger partial charge in [-0.05, 0) is 32.4 Å². The fourth-order valence-electron chi connectivity index (χ4n) is 1.87. The molecule has 0 radical (unpaired) electrons. The van der Waals surface area contributed by atoms with E-state index >= 15 is 0 Å². The zero-order valence-electron chi connectivity index (χ0n) is 11.1. The maximum atomic E-state index is 13.7. The quantitative estimate of drug-likeness (QED) is 0.813. The van der Waals surface area contributed by atoms with Gasteiger partial charge in [0.25, 0.3) is 0 Å². The smallest absolute Gasteiger partial charge is 0.217 e. The van der Waals surface area contributed by atoms with Gasteiger partial charge >= 0.3 is 0 Å². The molecule has 1 heterocycles. The van der Waals surface area contributed by atoms with Gasteiger partial charge in [-0.3, -0.25) is 5.10 Å². The number of aliphatic hydroxyl groups excluding tert-OH is 1. The summed E-state index contributed by atoms with van der Waals surface area (Å²) in [6.45, 7) is 6.31. The van der Waals surface area contributed by atoms with Crippen molar-refractivity contribution >= 4 is 22.5 Å². The van der Waals surface area contributed by atoms with Crippen molar-refractivity contribution in [1.82, 2.24) is 15.5 Å². The Kier molecular flexibility index (Phi) is 3.80. The molecule has 0 saturated heterocycles. The number of nitrogens with one attached hydrogen (secondary N) is 2. The Bertz CT molecular complexity index is 591. The van der Waals surface area contributed by atoms with Crippen LogP contribution in [0.15, 0.2) is 12.1 Å². The van der Waals surface area contributed by atoms with Crippen LogP contribution < -0.4 is 5.32 Å². The molecule has 0 spiro atoms. The number of hydrogen-bond acceptors (Lipinski definition) is 3. The van der Waals surface area contributed by atoms with Gasteiger partial charge < -0.3 is 10.4 Å². The number of H-pyrrole nitrogens is 1. The molecule has 0 saturated carbocycles. The lowest BCUT2D eigenvalue weighted by Gasteiger charge is -2.23. The highest BCUT2D eigenvalue weighted by Crippen LogP contribution is 2.30. The molecule has 1 aromatic carbocycles. The lowest BCUT2D eigenvalue weighted by atomic mass is 10.0. The van der Waals surface area contributed by atoms with Gasteiger partial charge in [0.05, 0.1) is 16.5 Å². The van der Waals surface area contributed by atoms with Crippen molar-refractivity contribution in [3.8, 4) is 0 Å². The summed E-state index contributed by atoms with van der Waals surface area (Å²) < 4.78 is 13.7. The fourth-order valence-corrected chi connectivity index (χ4v) is 2.07. The third-order valence-electron chi connectivity index (χ3n) is 2.83. The third kappa shape index (κ3) is 3.05. The van der Waals surface area contributed by atoms with Crippen LogP contribution in [0.3, 0.4) is 0 Å². The second-order valence-corrected chi connectivity index (χ2v) is 5.95. The second-order valence-electron chi connectivity index (χ2n) is 5.54. The second kappa shape index (κ2) is 5.07. The van der Waals surface area contributed by atoms with E-state index < -0.39 is 12.1 Å². The van der Waals surface area contributed by atoms with Crippen LogP contribution in [0, 0.1) is 5.95 Å². The highest BCUT2D eigenvalue weighted by atomic mass is 35.5. The number of β-amino-alcohol motifs (C(OH)–C–C–N with tert-alkyl or cyclic N) is 1. The molecule has 2 aromatic rings. The number of hydrogen-bond donors (Lipinski definition) is 3. The number of aliphatic hydroxyl groups is 1. The first-order chi connectivity index (χ1) is 8.79. The van der Waals surface area contributed by atoms with E-state index in [-0.39, 0.29) is 10.9 Å². The summed E-state index contributed by atoms with van der Waals surface area (Å²) in [6, 6.07) is 3.23. The molecule has 1 atom stereocenters. The van der Waals surface area contributed by atoms with E-state index in [9.17, 15) is 9.50 Å². The summed E-state index contributed by atoms with van der Waals surface area (Å²) in [5, 5.41) is 20.0. The summed E-state index contributed by atoms with van der Waals surface area (Å²) in [5.41, 5.74) is 0.690. The molecule has 104 valence electrons. The predicted octanol–water partition coefficient (Wildman–Crippen LogP) is 2.78. The van der Waals surface area contributed by atoms with Gasteiger partial charge in [-0.1, -0.05) is 17.7 Å². The molecule has 0 bridgehead atoms. The lowest BCUT2D eigenvalue weighted by molar-refractivity contribution is 0.164. The van der Waals surface area contributed by atoms with Gasteiger partial charge in [-0.25, -0.2) is 0 Å². The maximum absolute atomic E-state index is 13.7. The van der Waals surface area contributed by atoms with Gasteiger partial charge in [0, 0.05) is 12.1 Å². The van der Waals surface area contributed by atoms with E-state index in [4.69, 9.17) is 11.6 Å². The molecule has 4 nitrogen and oxygen atoms in total. The van der Waals surface area contributed by atoms with Crippen molar-refractivity contribution in [2.45, 2.75) is 32.4 Å². The molecule has 0 amide bonds. The molecule has 0 unspecified atom stereocenters. The molecule has 19 heavy (non-hydrogen) atoms. The minimum atomic E-state index is -0.828. The summed E-state index contributed by atoms with van der Waals surface area (Å²) in [4.78, 5) is 0. The highest BCUT2D eigenvalue weighted by molar-refractivity contribution is 6.35. The van der Waals surface area contributed by atoms with Crippen LogP contribution in [-0.4, -0.2) is 27.4 Å². The largest absolute Gasteiger partial charge is 0.387 e. The molecule has 0 aliphatic heterocycles. The van der Waals surface area contributed by atoms with Crippen LogP contribution in [0.25, 0.3) is 10.9 Å². The minimum absolute atomic E-state index is 0.124. The Morgan fingerprint density at radius 1 is 1.47 bits per heavy atom. The molecule has 6 heteroatoms. The van der Waals surface area contributed by atoms with E-state index in [2.05, 4.69) is 15.5 Å². The van der Waals surface area contributed by atoms with Crippen LogP contribution in [-0.2, 0) is 0 Å². The van der Waals surface area contributed by atoms with Gasteiger partial charge in [0.2, 0.25) is 5.95 Å². The average Bonchev–Trinajstić information content (AvgIpc) is 2.70. The summed E-state index contributed by atoms with van der Waals surface area (Å²) in [6.07, 6.45) is -0.828. The maximum Gasteiger partial charge on any atom is 0.217 e. The van der Waals surface area contributed by atoms with E-state index in [1.807, 2.05) is 20.8 Å². The van der Waals surface area contributed by atoms with Gasteiger partial charge in [0.15, 0.2) is 0 Å². The SMILES string of the molecule is CC(C)(C)NC[C@H](O)c1ccc(Cl)c2n[nH]c(F)c12. The normalized spacial score (nSPS) is 14.0. The number of halogens is 2. The van der Waals surface area contributed by atoms with Crippen molar-refractivity contribution < 1.29 is 9.50 Å². The summed E-state index contributed by atoms with van der Waals surface area (Å²) in [7, 11) is 0. The first-order valence-electron chi connectivity index (χ1n) is 6.04. The van der Waals surface area contributed by atoms with Crippen molar-refractivity contribution in [2.75, 3.05) is 6.54 Å². The van der Waals surface area contributed by atoms with E-state index in [1.54, 1.807) is 12.1 Å². The van der Waals surface area contributed by atoms with Crippen molar-refractivity contribution in [3.63, 3.8) is 0 Å². The highest BCUT2D eigenvalue weighted by Gasteiger charge is 2.20. The number of rotatable bonds is 3. The molecule has 2 rings (SSSR count). The molecular formula is C13H17ClFN3O. The lowest BCUT2D eigenvalue weighted by Crippen LogP contribution is -2.38. The van der Waals surface area contributed by atoms with Crippen LogP contribution in [0.2, 0.25) is 5.02 Å². The Labute approximate surface area is 116 Å². The Balaban J connectivity index is 2.34. The minimum Gasteiger partial charge on any atom is -0.387 e. The molecule has 3 N–H and O–H groups in total. The Hall–Kier alpha value is -1.17. The van der Waals surface area contributed by atoms with Crippen molar-refractivity contribution in [1.29, 1.82) is 0 Å². The van der Waals surface area contributed by atoms with E-state index in [1.165, 1.54) is 0 Å².